The lowest BCUT2D eigenvalue weighted by atomic mass is 10.0. The second-order valence-corrected chi connectivity index (χ2v) is 10.1. The first kappa shape index (κ1) is 32.5. The quantitative estimate of drug-likeness (QED) is 0.0973. The number of nitrogens with one attached hydrogen (secondary N) is 1. The summed E-state index contributed by atoms with van der Waals surface area (Å²) in [5.74, 6) is 0. The van der Waals surface area contributed by atoms with Gasteiger partial charge in [-0.1, -0.05) is 114 Å². The highest BCUT2D eigenvalue weighted by atomic mass is 35.5. The van der Waals surface area contributed by atoms with Crippen LogP contribution in [0.4, 0.5) is 0 Å². The second-order valence-electron chi connectivity index (χ2n) is 8.77. The Morgan fingerprint density at radius 2 is 1.07 bits per heavy atom. The van der Waals surface area contributed by atoms with Crippen LogP contribution in [-0.2, 0) is 14.8 Å². The Kier molecular flexibility index (Phi) is 31.8. The van der Waals surface area contributed by atoms with Crippen molar-refractivity contribution >= 4 is 9.52 Å². The Morgan fingerprint density at radius 1 is 0.600 bits per heavy atom. The molecule has 0 aliphatic rings. The molecule has 0 bridgehead atoms. The molecule has 4 nitrogen and oxygen atoms in total. The van der Waals surface area contributed by atoms with Gasteiger partial charge >= 0.3 is 0 Å². The van der Waals surface area contributed by atoms with Crippen molar-refractivity contribution in [2.75, 3.05) is 33.5 Å². The molecule has 6 heteroatoms. The van der Waals surface area contributed by atoms with E-state index in [2.05, 4.69) is 21.0 Å². The van der Waals surface area contributed by atoms with Gasteiger partial charge in [0.1, 0.15) is 0 Å². The van der Waals surface area contributed by atoms with Gasteiger partial charge in [0.05, 0.1) is 43.0 Å². The third-order valence-electron chi connectivity index (χ3n) is 5.37. The maximum absolute atomic E-state index is 5.08. The molecule has 0 aromatic heterocycles. The predicted molar refractivity (Wildman–Crippen MR) is 125 cm³/mol. The Balaban J connectivity index is 0. The van der Waals surface area contributed by atoms with E-state index in [0.717, 1.165) is 15.9 Å². The minimum absolute atomic E-state index is 0. The van der Waals surface area contributed by atoms with Crippen molar-refractivity contribution < 1.29 is 32.1 Å². The van der Waals surface area contributed by atoms with Crippen molar-refractivity contribution in [2.24, 2.45) is 0 Å². The lowest BCUT2D eigenvalue weighted by Gasteiger charge is -2.06. The maximum atomic E-state index is 5.08. The van der Waals surface area contributed by atoms with E-state index in [1.165, 1.54) is 120 Å². The zero-order valence-corrected chi connectivity index (χ0v) is 22.2. The minimum atomic E-state index is 0. The van der Waals surface area contributed by atoms with Crippen molar-refractivity contribution in [2.45, 2.75) is 122 Å². The lowest BCUT2D eigenvalue weighted by Crippen LogP contribution is -3.05. The molecular formula is C24H52ClNO3Si. The van der Waals surface area contributed by atoms with Crippen molar-refractivity contribution in [3.8, 4) is 0 Å². The lowest BCUT2D eigenvalue weighted by molar-refractivity contribution is -0.858. The fraction of sp³-hybridized carbons (Fsp3) is 1.00. The standard InChI is InChI=1S/C24H51NO3Si.ClH/c1-4-5-6-7-8-9-10-11-12-13-14-15-16-17-18-19-22-26-28-27-24-29-23-20-21-25(2)3;/h4-24H2,1-3H3;1H. The van der Waals surface area contributed by atoms with Gasteiger partial charge in [-0.3, -0.25) is 0 Å². The van der Waals surface area contributed by atoms with Crippen molar-refractivity contribution in [1.29, 1.82) is 0 Å². The predicted octanol–water partition coefficient (Wildman–Crippen LogP) is 2.75. The fourth-order valence-corrected chi connectivity index (χ4v) is 4.18. The Labute approximate surface area is 197 Å². The maximum Gasteiger partial charge on any atom is 0.0853 e. The highest BCUT2D eigenvalue weighted by Gasteiger charge is 1.98. The van der Waals surface area contributed by atoms with Gasteiger partial charge in [0.15, 0.2) is 0 Å². The Morgan fingerprint density at radius 3 is 1.53 bits per heavy atom. The van der Waals surface area contributed by atoms with Gasteiger partial charge in [0.25, 0.3) is 0 Å². The third-order valence-corrected chi connectivity index (χ3v) is 6.40. The first-order valence-corrected chi connectivity index (χ1v) is 14.1. The van der Waals surface area contributed by atoms with Crippen LogP contribution in [0.5, 0.6) is 0 Å². The van der Waals surface area contributed by atoms with Gasteiger partial charge in [-0.15, -0.1) is 0 Å². The molecule has 2 radical (unpaired) electrons. The van der Waals surface area contributed by atoms with E-state index in [4.69, 9.17) is 14.8 Å². The van der Waals surface area contributed by atoms with E-state index in [1.807, 2.05) is 0 Å². The molecular weight excluding hydrogens is 414 g/mol. The van der Waals surface area contributed by atoms with Crippen molar-refractivity contribution in [3.05, 3.63) is 0 Å². The van der Waals surface area contributed by atoms with E-state index in [0.29, 0.717) is 12.8 Å². The summed E-state index contributed by atoms with van der Waals surface area (Å²) in [5, 5.41) is 4.79. The summed E-state index contributed by atoms with van der Waals surface area (Å²) in [5.41, 5.74) is 0. The van der Waals surface area contributed by atoms with Crippen LogP contribution in [0.2, 0.25) is 6.04 Å². The average molecular weight is 466 g/mol. The normalized spacial score (nSPS) is 11.2. The molecule has 0 heterocycles. The first-order valence-electron chi connectivity index (χ1n) is 12.7. The number of halogens is 1. The van der Waals surface area contributed by atoms with Crippen molar-refractivity contribution in [1.82, 2.24) is 0 Å². The van der Waals surface area contributed by atoms with Crippen molar-refractivity contribution in [3.63, 3.8) is 0 Å². The van der Waals surface area contributed by atoms with Gasteiger partial charge < -0.3 is 17.3 Å². The van der Waals surface area contributed by atoms with E-state index < -0.39 is 0 Å². The van der Waals surface area contributed by atoms with Gasteiger partial charge in [0, 0.05) is 0 Å². The van der Waals surface area contributed by atoms with Gasteiger partial charge in [-0.2, -0.15) is 0 Å². The van der Waals surface area contributed by atoms with Gasteiger partial charge in [-0.05, 0) is 12.8 Å². The smallest absolute Gasteiger partial charge is 0.0853 e. The molecule has 0 aromatic carbocycles. The van der Waals surface area contributed by atoms with Gasteiger partial charge in [0.2, 0.25) is 0 Å². The summed E-state index contributed by atoms with van der Waals surface area (Å²) in [6.45, 7) is 4.16. The highest BCUT2D eigenvalue weighted by molar-refractivity contribution is 6.35. The number of hydrogen-bond donors (Lipinski definition) is 1. The number of quaternary nitrogens is 1. The van der Waals surface area contributed by atoms with E-state index in [9.17, 15) is 0 Å². The molecule has 0 saturated heterocycles. The number of hydrogen-bond acceptors (Lipinski definition) is 3. The summed E-state index contributed by atoms with van der Waals surface area (Å²) in [4.78, 5) is 11.6. The largest absolute Gasteiger partial charge is 1.00 e. The summed E-state index contributed by atoms with van der Waals surface area (Å²) in [6, 6.07) is 1.22. The van der Waals surface area contributed by atoms with Crippen LogP contribution in [0, 0.1) is 0 Å². The molecule has 0 spiro atoms. The number of unbranched alkanes of at least 4 members (excludes halogenated alkanes) is 15. The molecule has 0 amide bonds. The summed E-state index contributed by atoms with van der Waals surface area (Å²) in [6.07, 6.45) is 24.1. The Hall–Kier alpha value is 0.347. The third kappa shape index (κ3) is 30.5. The monoisotopic (exact) mass is 465 g/mol. The van der Waals surface area contributed by atoms with E-state index in [-0.39, 0.29) is 12.4 Å². The fourth-order valence-electron chi connectivity index (χ4n) is 3.48. The first-order chi connectivity index (χ1) is 14.3. The zero-order chi connectivity index (χ0) is 21.3. The average Bonchev–Trinajstić information content (AvgIpc) is 2.71. The van der Waals surface area contributed by atoms with E-state index in [1.54, 1.807) is 0 Å². The summed E-state index contributed by atoms with van der Waals surface area (Å²) in [7, 11) is 5.18. The molecule has 182 valence electrons. The van der Waals surface area contributed by atoms with Crippen LogP contribution in [-0.4, -0.2) is 43.0 Å². The molecule has 0 atom stereocenters. The van der Waals surface area contributed by atoms with Crippen LogP contribution in [0.25, 0.3) is 0 Å². The Bertz CT molecular complexity index is 300. The molecule has 1 N–H and O–H groups in total. The second kappa shape index (κ2) is 29.3. The summed E-state index contributed by atoms with van der Waals surface area (Å²) >= 11 is 0. The van der Waals surface area contributed by atoms with E-state index >= 15 is 0 Å². The molecule has 0 aliphatic carbocycles. The highest BCUT2D eigenvalue weighted by Crippen LogP contribution is 2.13. The molecule has 0 fully saturated rings. The SMILES string of the molecule is CCCCCCCCCCCCCCCCCCOOOC[Si]CCC[NH+](C)C.[Cl-]. The van der Waals surface area contributed by atoms with Crippen LogP contribution in [0.3, 0.4) is 0 Å². The minimum Gasteiger partial charge on any atom is -1.00 e. The summed E-state index contributed by atoms with van der Waals surface area (Å²) < 4.78 is 0. The van der Waals surface area contributed by atoms with Crippen LogP contribution < -0.4 is 17.3 Å². The molecule has 30 heavy (non-hydrogen) atoms. The number of rotatable bonds is 25. The van der Waals surface area contributed by atoms with Gasteiger partial charge in [-0.25, -0.2) is 9.78 Å². The molecule has 0 aromatic rings. The zero-order valence-electron chi connectivity index (χ0n) is 20.5. The topological polar surface area (TPSA) is 32.1 Å². The molecule has 0 saturated carbocycles. The molecule has 0 rings (SSSR count). The van der Waals surface area contributed by atoms with Crippen LogP contribution >= 0.6 is 0 Å². The van der Waals surface area contributed by atoms with Crippen LogP contribution in [0.1, 0.15) is 116 Å². The molecule has 0 unspecified atom stereocenters. The van der Waals surface area contributed by atoms with Crippen LogP contribution in [0.15, 0.2) is 0 Å². The molecule has 0 aliphatic heterocycles.